The molecule has 0 fully saturated rings. The molecule has 26 heavy (non-hydrogen) atoms. The molecule has 1 heterocycles. The third kappa shape index (κ3) is 4.63. The summed E-state index contributed by atoms with van der Waals surface area (Å²) in [5.74, 6) is 5.87. The van der Waals surface area contributed by atoms with Gasteiger partial charge in [-0.25, -0.2) is 9.07 Å². The molecule has 0 saturated heterocycles. The summed E-state index contributed by atoms with van der Waals surface area (Å²) in [5, 5.41) is 11.2. The Morgan fingerprint density at radius 3 is 2.92 bits per heavy atom. The molecule has 1 aliphatic carbocycles. The molecule has 1 amide bonds. The van der Waals surface area contributed by atoms with Gasteiger partial charge in [0.15, 0.2) is 5.82 Å². The van der Waals surface area contributed by atoms with Crippen LogP contribution in [0.4, 0.5) is 4.39 Å². The molecule has 0 aliphatic heterocycles. The number of rotatable bonds is 7. The van der Waals surface area contributed by atoms with E-state index in [1.165, 1.54) is 40.9 Å². The molecule has 1 aromatic heterocycles. The number of hydrogen-bond donors (Lipinski definition) is 2. The molecule has 0 radical (unpaired) electrons. The number of carbonyl (C=O) groups is 1. The Kier molecular flexibility index (Phi) is 6.27. The molecule has 1 aromatic carbocycles. The minimum atomic E-state index is -0.419. The van der Waals surface area contributed by atoms with E-state index in [0.717, 1.165) is 19.3 Å². The number of hydrogen-bond acceptors (Lipinski definition) is 5. The predicted octanol–water partition coefficient (Wildman–Crippen LogP) is 2.90. The highest BCUT2D eigenvalue weighted by Gasteiger charge is 2.16. The molecule has 8 heteroatoms. The topological polar surface area (TPSA) is 85.8 Å². The normalized spacial score (nSPS) is 14.1. The minimum absolute atomic E-state index is 0.0816. The van der Waals surface area contributed by atoms with E-state index in [1.54, 1.807) is 18.2 Å². The molecule has 138 valence electrons. The summed E-state index contributed by atoms with van der Waals surface area (Å²) in [7, 11) is 0. The second-order valence-electron chi connectivity index (χ2n) is 6.15. The molecule has 0 unspecified atom stereocenters. The first kappa shape index (κ1) is 18.4. The zero-order chi connectivity index (χ0) is 18.4. The second kappa shape index (κ2) is 8.84. The van der Waals surface area contributed by atoms with Crippen molar-refractivity contribution in [1.29, 1.82) is 0 Å². The Morgan fingerprint density at radius 2 is 2.15 bits per heavy atom. The van der Waals surface area contributed by atoms with E-state index >= 15 is 0 Å². The summed E-state index contributed by atoms with van der Waals surface area (Å²) in [6.07, 6.45) is 7.98. The van der Waals surface area contributed by atoms with Crippen LogP contribution < -0.4 is 11.2 Å². The molecule has 1 aliphatic rings. The van der Waals surface area contributed by atoms with Crippen LogP contribution in [0.2, 0.25) is 0 Å². The van der Waals surface area contributed by atoms with Gasteiger partial charge in [-0.05, 0) is 44.2 Å². The van der Waals surface area contributed by atoms with Crippen molar-refractivity contribution < 1.29 is 9.18 Å². The fraction of sp³-hybridized carbons (Fsp3) is 0.389. The van der Waals surface area contributed by atoms with E-state index in [2.05, 4.69) is 21.6 Å². The molecule has 0 saturated carbocycles. The monoisotopic (exact) mass is 375 g/mol. The molecule has 0 spiro atoms. The summed E-state index contributed by atoms with van der Waals surface area (Å²) < 4.78 is 15.1. The van der Waals surface area contributed by atoms with Crippen molar-refractivity contribution >= 4 is 17.7 Å². The molecule has 3 rings (SSSR count). The number of allylic oxidation sites excluding steroid dienone is 1. The number of nitrogens with one attached hydrogen (secondary N) is 1. The van der Waals surface area contributed by atoms with Gasteiger partial charge in [-0.15, -0.1) is 10.2 Å². The van der Waals surface area contributed by atoms with Crippen molar-refractivity contribution in [1.82, 2.24) is 20.2 Å². The van der Waals surface area contributed by atoms with Crippen LogP contribution in [0.5, 0.6) is 0 Å². The van der Waals surface area contributed by atoms with E-state index in [4.69, 9.17) is 5.84 Å². The predicted molar refractivity (Wildman–Crippen MR) is 100 cm³/mol. The van der Waals surface area contributed by atoms with Crippen molar-refractivity contribution in [2.24, 2.45) is 0 Å². The summed E-state index contributed by atoms with van der Waals surface area (Å²) in [5.41, 5.74) is 1.71. The Bertz CT molecular complexity index is 805. The summed E-state index contributed by atoms with van der Waals surface area (Å²) in [6, 6.07) is 6.23. The van der Waals surface area contributed by atoms with Crippen molar-refractivity contribution in [3.8, 4) is 11.4 Å². The van der Waals surface area contributed by atoms with E-state index < -0.39 is 5.82 Å². The maximum absolute atomic E-state index is 13.9. The van der Waals surface area contributed by atoms with E-state index in [-0.39, 0.29) is 23.0 Å². The Balaban J connectivity index is 1.49. The van der Waals surface area contributed by atoms with Crippen LogP contribution >= 0.6 is 11.8 Å². The number of carbonyl (C=O) groups excluding carboxylic acids is 1. The van der Waals surface area contributed by atoms with Gasteiger partial charge < -0.3 is 11.2 Å². The Labute approximate surface area is 156 Å². The molecule has 0 atom stereocenters. The maximum atomic E-state index is 13.9. The van der Waals surface area contributed by atoms with Gasteiger partial charge in [0, 0.05) is 6.54 Å². The number of amides is 1. The number of thioether (sulfide) groups is 1. The van der Waals surface area contributed by atoms with Crippen LogP contribution in [-0.4, -0.2) is 33.1 Å². The van der Waals surface area contributed by atoms with Crippen LogP contribution in [0.1, 0.15) is 32.1 Å². The number of nitrogens with zero attached hydrogens (tertiary/aromatic N) is 3. The lowest BCUT2D eigenvalue weighted by Crippen LogP contribution is -2.27. The van der Waals surface area contributed by atoms with Gasteiger partial charge in [0.2, 0.25) is 11.1 Å². The largest absolute Gasteiger partial charge is 0.355 e. The van der Waals surface area contributed by atoms with Gasteiger partial charge in [-0.3, -0.25) is 4.79 Å². The van der Waals surface area contributed by atoms with Gasteiger partial charge in [-0.1, -0.05) is 35.5 Å². The highest BCUT2D eigenvalue weighted by molar-refractivity contribution is 7.99. The quantitative estimate of drug-likeness (QED) is 0.441. The van der Waals surface area contributed by atoms with Gasteiger partial charge in [0.25, 0.3) is 0 Å². The van der Waals surface area contributed by atoms with Gasteiger partial charge in [0.1, 0.15) is 5.82 Å². The van der Waals surface area contributed by atoms with Crippen LogP contribution in [0.25, 0.3) is 11.4 Å². The van der Waals surface area contributed by atoms with E-state index in [1.807, 2.05) is 0 Å². The van der Waals surface area contributed by atoms with Crippen molar-refractivity contribution in [2.45, 2.75) is 37.3 Å². The highest BCUT2D eigenvalue weighted by Crippen LogP contribution is 2.23. The first-order valence-corrected chi connectivity index (χ1v) is 9.66. The van der Waals surface area contributed by atoms with Crippen LogP contribution in [0.3, 0.4) is 0 Å². The minimum Gasteiger partial charge on any atom is -0.355 e. The summed E-state index contributed by atoms with van der Waals surface area (Å²) in [4.78, 5) is 12.0. The van der Waals surface area contributed by atoms with Crippen LogP contribution in [-0.2, 0) is 4.79 Å². The van der Waals surface area contributed by atoms with Gasteiger partial charge in [0.05, 0.1) is 11.3 Å². The number of nitrogen functional groups attached to an aromatic ring is 1. The first-order valence-electron chi connectivity index (χ1n) is 8.68. The number of aromatic nitrogens is 3. The Hall–Kier alpha value is -2.35. The first-order chi connectivity index (χ1) is 12.6. The molecule has 3 N–H and O–H groups in total. The fourth-order valence-electron chi connectivity index (χ4n) is 2.88. The third-order valence-electron chi connectivity index (χ3n) is 4.26. The Morgan fingerprint density at radius 1 is 1.31 bits per heavy atom. The molecule has 6 nitrogen and oxygen atoms in total. The molecule has 2 aromatic rings. The van der Waals surface area contributed by atoms with Gasteiger partial charge >= 0.3 is 0 Å². The second-order valence-corrected chi connectivity index (χ2v) is 7.10. The molecule has 0 bridgehead atoms. The van der Waals surface area contributed by atoms with E-state index in [0.29, 0.717) is 11.7 Å². The van der Waals surface area contributed by atoms with Gasteiger partial charge in [-0.2, -0.15) is 0 Å². The lowest BCUT2D eigenvalue weighted by Gasteiger charge is -2.12. The average molecular weight is 375 g/mol. The summed E-state index contributed by atoms with van der Waals surface area (Å²) >= 11 is 1.18. The van der Waals surface area contributed by atoms with Crippen LogP contribution in [0.15, 0.2) is 41.1 Å². The number of benzene rings is 1. The lowest BCUT2D eigenvalue weighted by atomic mass is 9.97. The highest BCUT2D eigenvalue weighted by atomic mass is 32.2. The SMILES string of the molecule is Nn1c(SCC(=O)NCCC2=CCCCC2)nnc1-c1ccccc1F. The average Bonchev–Trinajstić information content (AvgIpc) is 3.02. The fourth-order valence-corrected chi connectivity index (χ4v) is 3.56. The number of nitrogens with two attached hydrogens (primary N) is 1. The smallest absolute Gasteiger partial charge is 0.230 e. The number of halogens is 1. The maximum Gasteiger partial charge on any atom is 0.230 e. The zero-order valence-electron chi connectivity index (χ0n) is 14.4. The molecular formula is C18H22FN5OS. The van der Waals surface area contributed by atoms with Crippen LogP contribution in [0, 0.1) is 5.82 Å². The zero-order valence-corrected chi connectivity index (χ0v) is 15.3. The van der Waals surface area contributed by atoms with Crippen molar-refractivity contribution in [3.05, 3.63) is 41.7 Å². The standard InChI is InChI=1S/C18H22FN5OS/c19-15-9-5-4-8-14(15)17-22-23-18(24(17)20)26-12-16(25)21-11-10-13-6-2-1-3-7-13/h4-6,8-9H,1-3,7,10-12,20H2,(H,21,25). The third-order valence-corrected chi connectivity index (χ3v) is 5.21. The van der Waals surface area contributed by atoms with Crippen molar-refractivity contribution in [3.63, 3.8) is 0 Å². The van der Waals surface area contributed by atoms with E-state index in [9.17, 15) is 9.18 Å². The molecular weight excluding hydrogens is 353 g/mol. The summed E-state index contributed by atoms with van der Waals surface area (Å²) in [6.45, 7) is 0.640. The van der Waals surface area contributed by atoms with Crippen molar-refractivity contribution in [2.75, 3.05) is 18.1 Å². The lowest BCUT2D eigenvalue weighted by molar-refractivity contribution is -0.118.